The number of pyridine rings is 1. The first-order chi connectivity index (χ1) is 8.09. The minimum Gasteiger partial charge on any atom is -0.369 e. The van der Waals surface area contributed by atoms with Crippen molar-refractivity contribution in [1.82, 2.24) is 4.98 Å². The van der Waals surface area contributed by atoms with Crippen molar-refractivity contribution in [3.05, 3.63) is 46.3 Å². The van der Waals surface area contributed by atoms with Gasteiger partial charge >= 0.3 is 0 Å². The molecule has 0 amide bonds. The molecule has 0 unspecified atom stereocenters. The lowest BCUT2D eigenvalue weighted by Crippen LogP contribution is -2.27. The Morgan fingerprint density at radius 3 is 2.76 bits per heavy atom. The van der Waals surface area contributed by atoms with Crippen LogP contribution in [0.4, 0.5) is 5.82 Å². The van der Waals surface area contributed by atoms with E-state index in [1.807, 2.05) is 23.6 Å². The molecule has 2 rings (SSSR count). The molecule has 0 aliphatic rings. The topological polar surface area (TPSA) is 24.9 Å². The average Bonchev–Trinajstić information content (AvgIpc) is 2.82. The standard InChI is InChI=1S/C14H18N2S/c1-11-6-4-8-15-13(11)16-10-14(2,3)12-7-5-9-17-12/h4-9H,10H2,1-3H3,(H,15,16). The van der Waals surface area contributed by atoms with Crippen LogP contribution in [0.25, 0.3) is 0 Å². The molecular formula is C14H18N2S. The molecule has 1 N–H and O–H groups in total. The molecule has 0 aromatic carbocycles. The van der Waals surface area contributed by atoms with Gasteiger partial charge in [-0.05, 0) is 30.0 Å². The van der Waals surface area contributed by atoms with Crippen molar-refractivity contribution in [3.8, 4) is 0 Å². The van der Waals surface area contributed by atoms with Crippen molar-refractivity contribution in [2.24, 2.45) is 0 Å². The third kappa shape index (κ3) is 2.86. The lowest BCUT2D eigenvalue weighted by Gasteiger charge is -2.24. The number of hydrogen-bond acceptors (Lipinski definition) is 3. The van der Waals surface area contributed by atoms with E-state index in [1.54, 1.807) is 0 Å². The van der Waals surface area contributed by atoms with Crippen molar-refractivity contribution < 1.29 is 0 Å². The van der Waals surface area contributed by atoms with Gasteiger partial charge in [-0.2, -0.15) is 0 Å². The van der Waals surface area contributed by atoms with E-state index in [0.717, 1.165) is 12.4 Å². The smallest absolute Gasteiger partial charge is 0.128 e. The molecule has 0 saturated carbocycles. The number of aromatic nitrogens is 1. The Morgan fingerprint density at radius 1 is 1.29 bits per heavy atom. The number of nitrogens with one attached hydrogen (secondary N) is 1. The average molecular weight is 246 g/mol. The summed E-state index contributed by atoms with van der Waals surface area (Å²) in [7, 11) is 0. The zero-order chi connectivity index (χ0) is 12.3. The normalized spacial score (nSPS) is 11.5. The van der Waals surface area contributed by atoms with Crippen LogP contribution in [0.2, 0.25) is 0 Å². The predicted octanol–water partition coefficient (Wildman–Crippen LogP) is 3.84. The van der Waals surface area contributed by atoms with E-state index < -0.39 is 0 Å². The second kappa shape index (κ2) is 4.88. The van der Waals surface area contributed by atoms with E-state index >= 15 is 0 Å². The van der Waals surface area contributed by atoms with Crippen molar-refractivity contribution in [3.63, 3.8) is 0 Å². The Balaban J connectivity index is 2.06. The molecule has 0 bridgehead atoms. The van der Waals surface area contributed by atoms with E-state index in [0.29, 0.717) is 0 Å². The highest BCUT2D eigenvalue weighted by molar-refractivity contribution is 7.10. The maximum Gasteiger partial charge on any atom is 0.128 e. The highest BCUT2D eigenvalue weighted by Crippen LogP contribution is 2.27. The Labute approximate surface area is 107 Å². The summed E-state index contributed by atoms with van der Waals surface area (Å²) in [6.07, 6.45) is 1.83. The van der Waals surface area contributed by atoms with Gasteiger partial charge in [0.05, 0.1) is 0 Å². The molecular weight excluding hydrogens is 228 g/mol. The van der Waals surface area contributed by atoms with E-state index in [-0.39, 0.29) is 5.41 Å². The fourth-order valence-electron chi connectivity index (χ4n) is 1.73. The van der Waals surface area contributed by atoms with Gasteiger partial charge < -0.3 is 5.32 Å². The molecule has 90 valence electrons. The number of aryl methyl sites for hydroxylation is 1. The Bertz CT molecular complexity index is 475. The lowest BCUT2D eigenvalue weighted by atomic mass is 9.91. The monoisotopic (exact) mass is 246 g/mol. The molecule has 0 aliphatic heterocycles. The summed E-state index contributed by atoms with van der Waals surface area (Å²) in [6.45, 7) is 7.48. The minimum absolute atomic E-state index is 0.137. The molecule has 2 aromatic heterocycles. The van der Waals surface area contributed by atoms with Gasteiger partial charge in [-0.25, -0.2) is 4.98 Å². The van der Waals surface area contributed by atoms with Gasteiger partial charge in [-0.15, -0.1) is 11.3 Å². The molecule has 3 heteroatoms. The number of hydrogen-bond donors (Lipinski definition) is 1. The van der Waals surface area contributed by atoms with Gasteiger partial charge in [0.15, 0.2) is 0 Å². The fraction of sp³-hybridized carbons (Fsp3) is 0.357. The van der Waals surface area contributed by atoms with Crippen molar-refractivity contribution in [2.75, 3.05) is 11.9 Å². The van der Waals surface area contributed by atoms with E-state index in [2.05, 4.69) is 54.7 Å². The molecule has 0 saturated heterocycles. The van der Waals surface area contributed by atoms with Gasteiger partial charge in [0.1, 0.15) is 5.82 Å². The Morgan fingerprint density at radius 2 is 2.12 bits per heavy atom. The second-order valence-corrected chi connectivity index (χ2v) is 5.83. The van der Waals surface area contributed by atoms with Gasteiger partial charge in [0.25, 0.3) is 0 Å². The number of thiophene rings is 1. The van der Waals surface area contributed by atoms with Gasteiger partial charge in [-0.1, -0.05) is 26.0 Å². The first-order valence-corrected chi connectivity index (χ1v) is 6.67. The first kappa shape index (κ1) is 12.1. The SMILES string of the molecule is Cc1cccnc1NCC(C)(C)c1cccs1. The van der Waals surface area contributed by atoms with E-state index in [1.165, 1.54) is 10.4 Å². The largest absolute Gasteiger partial charge is 0.369 e. The minimum atomic E-state index is 0.137. The number of rotatable bonds is 4. The summed E-state index contributed by atoms with van der Waals surface area (Å²) < 4.78 is 0. The fourth-order valence-corrected chi connectivity index (χ4v) is 2.58. The molecule has 0 aliphatic carbocycles. The van der Waals surface area contributed by atoms with Crippen LogP contribution >= 0.6 is 11.3 Å². The highest BCUT2D eigenvalue weighted by Gasteiger charge is 2.21. The van der Waals surface area contributed by atoms with Crippen LogP contribution in [0.15, 0.2) is 35.8 Å². The summed E-state index contributed by atoms with van der Waals surface area (Å²) in [5.74, 6) is 0.983. The second-order valence-electron chi connectivity index (χ2n) is 4.88. The van der Waals surface area contributed by atoms with Crippen molar-refractivity contribution in [2.45, 2.75) is 26.2 Å². The summed E-state index contributed by atoms with van der Waals surface area (Å²) in [6, 6.07) is 8.34. The zero-order valence-corrected chi connectivity index (χ0v) is 11.3. The zero-order valence-electron chi connectivity index (χ0n) is 10.5. The van der Waals surface area contributed by atoms with Gasteiger partial charge in [-0.3, -0.25) is 0 Å². The van der Waals surface area contributed by atoms with Crippen LogP contribution in [0.1, 0.15) is 24.3 Å². The molecule has 0 atom stereocenters. The summed E-state index contributed by atoms with van der Waals surface area (Å²) in [5.41, 5.74) is 1.33. The summed E-state index contributed by atoms with van der Waals surface area (Å²) in [5, 5.41) is 5.57. The molecule has 0 spiro atoms. The van der Waals surface area contributed by atoms with Crippen LogP contribution in [-0.4, -0.2) is 11.5 Å². The van der Waals surface area contributed by atoms with E-state index in [4.69, 9.17) is 0 Å². The maximum atomic E-state index is 4.35. The van der Waals surface area contributed by atoms with E-state index in [9.17, 15) is 0 Å². The van der Waals surface area contributed by atoms with Crippen LogP contribution in [0, 0.1) is 6.92 Å². The van der Waals surface area contributed by atoms with Gasteiger partial charge in [0, 0.05) is 23.0 Å². The third-order valence-electron chi connectivity index (χ3n) is 2.90. The molecule has 2 aromatic rings. The van der Waals surface area contributed by atoms with Crippen molar-refractivity contribution in [1.29, 1.82) is 0 Å². The van der Waals surface area contributed by atoms with Gasteiger partial charge in [0.2, 0.25) is 0 Å². The Kier molecular flexibility index (Phi) is 3.48. The van der Waals surface area contributed by atoms with Crippen molar-refractivity contribution >= 4 is 17.2 Å². The van der Waals surface area contributed by atoms with Crippen LogP contribution in [0.3, 0.4) is 0 Å². The number of nitrogens with zero attached hydrogens (tertiary/aromatic N) is 1. The van der Waals surface area contributed by atoms with Crippen LogP contribution in [0.5, 0.6) is 0 Å². The number of anilines is 1. The first-order valence-electron chi connectivity index (χ1n) is 5.79. The highest BCUT2D eigenvalue weighted by atomic mass is 32.1. The molecule has 0 radical (unpaired) electrons. The summed E-state index contributed by atoms with van der Waals surface area (Å²) in [4.78, 5) is 5.76. The maximum absolute atomic E-state index is 4.35. The molecule has 2 heterocycles. The molecule has 17 heavy (non-hydrogen) atoms. The van der Waals surface area contributed by atoms with Crippen LogP contribution in [-0.2, 0) is 5.41 Å². The predicted molar refractivity (Wildman–Crippen MR) is 74.8 cm³/mol. The summed E-state index contributed by atoms with van der Waals surface area (Å²) >= 11 is 1.81. The third-order valence-corrected chi connectivity index (χ3v) is 4.13. The van der Waals surface area contributed by atoms with Crippen LogP contribution < -0.4 is 5.32 Å². The quantitative estimate of drug-likeness (QED) is 0.886. The molecule has 2 nitrogen and oxygen atoms in total. The lowest BCUT2D eigenvalue weighted by molar-refractivity contribution is 0.568. The Hall–Kier alpha value is -1.35. The molecule has 0 fully saturated rings.